The van der Waals surface area contributed by atoms with Gasteiger partial charge in [0.25, 0.3) is 0 Å². The van der Waals surface area contributed by atoms with E-state index in [1.54, 1.807) is 0 Å². The van der Waals surface area contributed by atoms with Gasteiger partial charge in [0.15, 0.2) is 0 Å². The molecular weight excluding hydrogens is 317 g/mol. The van der Waals surface area contributed by atoms with Crippen molar-refractivity contribution in [2.45, 2.75) is 44.3 Å². The molecule has 0 atom stereocenters. The molecule has 0 aromatic carbocycles. The molecule has 3 rings (SSSR count). The van der Waals surface area contributed by atoms with Crippen molar-refractivity contribution in [3.05, 3.63) is 23.4 Å². The van der Waals surface area contributed by atoms with E-state index in [4.69, 9.17) is 0 Å². The first-order valence-corrected chi connectivity index (χ1v) is 8.46. The van der Waals surface area contributed by atoms with Gasteiger partial charge in [-0.15, -0.1) is 0 Å². The second kappa shape index (κ2) is 6.98. The van der Waals surface area contributed by atoms with Crippen molar-refractivity contribution < 1.29 is 13.2 Å². The smallest absolute Gasteiger partial charge is 0.353 e. The zero-order valence-corrected chi connectivity index (χ0v) is 13.5. The number of piperazine rings is 1. The van der Waals surface area contributed by atoms with Crippen molar-refractivity contribution >= 4 is 5.82 Å². The predicted octanol–water partition coefficient (Wildman–Crippen LogP) is 3.43. The van der Waals surface area contributed by atoms with Gasteiger partial charge in [-0.2, -0.15) is 18.4 Å². The number of alkyl halides is 3. The molecule has 1 aromatic rings. The number of hydrogen-bond acceptors (Lipinski definition) is 4. The molecule has 2 aliphatic rings. The Morgan fingerprint density at radius 3 is 2.29 bits per heavy atom. The normalized spacial score (nSPS) is 20.8. The van der Waals surface area contributed by atoms with Crippen LogP contribution in [0.4, 0.5) is 19.0 Å². The highest BCUT2D eigenvalue weighted by Gasteiger charge is 2.34. The molecule has 0 N–H and O–H groups in total. The lowest BCUT2D eigenvalue weighted by atomic mass is 9.94. The van der Waals surface area contributed by atoms with Gasteiger partial charge in [-0.3, -0.25) is 4.90 Å². The first-order valence-electron chi connectivity index (χ1n) is 8.46. The lowest BCUT2D eigenvalue weighted by Crippen LogP contribution is -2.51. The second-order valence-corrected chi connectivity index (χ2v) is 6.49. The summed E-state index contributed by atoms with van der Waals surface area (Å²) < 4.78 is 38.7. The molecule has 4 nitrogen and oxygen atoms in total. The van der Waals surface area contributed by atoms with Crippen LogP contribution >= 0.6 is 0 Å². The van der Waals surface area contributed by atoms with Gasteiger partial charge in [-0.25, -0.2) is 4.98 Å². The molecule has 7 heteroatoms. The van der Waals surface area contributed by atoms with Gasteiger partial charge in [0.1, 0.15) is 17.6 Å². The highest BCUT2D eigenvalue weighted by Crippen LogP contribution is 2.31. The molecule has 1 saturated heterocycles. The molecule has 24 heavy (non-hydrogen) atoms. The van der Waals surface area contributed by atoms with Crippen LogP contribution in [0.15, 0.2) is 12.1 Å². The molecule has 2 fully saturated rings. The van der Waals surface area contributed by atoms with E-state index in [1.807, 2.05) is 11.0 Å². The number of hydrogen-bond donors (Lipinski definition) is 0. The topological polar surface area (TPSA) is 43.2 Å². The largest absolute Gasteiger partial charge is 0.433 e. The molecule has 1 aliphatic heterocycles. The molecule has 0 unspecified atom stereocenters. The van der Waals surface area contributed by atoms with Crippen molar-refractivity contribution in [2.24, 2.45) is 0 Å². The SMILES string of the molecule is N#Cc1ccc(C(F)(F)F)nc1N1CCN(C2CCCCC2)CC1. The molecular formula is C17H21F3N4. The molecule has 0 bridgehead atoms. The Balaban J connectivity index is 1.72. The third-order valence-electron chi connectivity index (χ3n) is 4.99. The molecule has 1 saturated carbocycles. The monoisotopic (exact) mass is 338 g/mol. The maximum Gasteiger partial charge on any atom is 0.433 e. The fourth-order valence-electron chi connectivity index (χ4n) is 3.68. The van der Waals surface area contributed by atoms with Crippen molar-refractivity contribution in [1.29, 1.82) is 5.26 Å². The third kappa shape index (κ3) is 3.64. The Morgan fingerprint density at radius 2 is 1.71 bits per heavy atom. The van der Waals surface area contributed by atoms with E-state index in [-0.39, 0.29) is 11.4 Å². The van der Waals surface area contributed by atoms with E-state index < -0.39 is 11.9 Å². The molecule has 1 aliphatic carbocycles. The third-order valence-corrected chi connectivity index (χ3v) is 4.99. The van der Waals surface area contributed by atoms with Crippen LogP contribution in [0.2, 0.25) is 0 Å². The quantitative estimate of drug-likeness (QED) is 0.829. The van der Waals surface area contributed by atoms with Gasteiger partial charge >= 0.3 is 6.18 Å². The van der Waals surface area contributed by atoms with E-state index in [0.717, 1.165) is 19.2 Å². The Morgan fingerprint density at radius 1 is 1.04 bits per heavy atom. The number of pyridine rings is 1. The van der Waals surface area contributed by atoms with Gasteiger partial charge in [0.05, 0.1) is 5.56 Å². The van der Waals surface area contributed by atoms with Gasteiger partial charge in [-0.1, -0.05) is 19.3 Å². The first-order chi connectivity index (χ1) is 11.5. The van der Waals surface area contributed by atoms with Crippen molar-refractivity contribution in [3.8, 4) is 6.07 Å². The first kappa shape index (κ1) is 17.0. The van der Waals surface area contributed by atoms with Crippen molar-refractivity contribution in [1.82, 2.24) is 9.88 Å². The highest BCUT2D eigenvalue weighted by atomic mass is 19.4. The van der Waals surface area contributed by atoms with E-state index >= 15 is 0 Å². The van der Waals surface area contributed by atoms with Crippen molar-refractivity contribution in [2.75, 3.05) is 31.1 Å². The summed E-state index contributed by atoms with van der Waals surface area (Å²) in [5.74, 6) is 0.163. The summed E-state index contributed by atoms with van der Waals surface area (Å²) in [4.78, 5) is 7.99. The maximum atomic E-state index is 12.9. The molecule has 1 aromatic heterocycles. The van der Waals surface area contributed by atoms with Gasteiger partial charge in [-0.05, 0) is 25.0 Å². The molecule has 0 radical (unpaired) electrons. The van der Waals surface area contributed by atoms with Crippen LogP contribution in [0.25, 0.3) is 0 Å². The molecule has 2 heterocycles. The summed E-state index contributed by atoms with van der Waals surface area (Å²) in [6.45, 7) is 2.85. The number of aromatic nitrogens is 1. The Bertz CT molecular complexity index is 609. The summed E-state index contributed by atoms with van der Waals surface area (Å²) in [6, 6.07) is 4.66. The Kier molecular flexibility index (Phi) is 4.95. The van der Waals surface area contributed by atoms with Crippen LogP contribution in [0.5, 0.6) is 0 Å². The summed E-state index contributed by atoms with van der Waals surface area (Å²) >= 11 is 0. The fourth-order valence-corrected chi connectivity index (χ4v) is 3.68. The molecule has 130 valence electrons. The molecule has 0 spiro atoms. The standard InChI is InChI=1S/C17H21F3N4/c18-17(19,20)15-7-6-13(12-21)16(22-15)24-10-8-23(9-11-24)14-4-2-1-3-5-14/h6-7,14H,1-5,8-11H2. The lowest BCUT2D eigenvalue weighted by molar-refractivity contribution is -0.141. The zero-order chi connectivity index (χ0) is 17.2. The average molecular weight is 338 g/mol. The summed E-state index contributed by atoms with van der Waals surface area (Å²) in [5.41, 5.74) is -0.736. The number of rotatable bonds is 2. The van der Waals surface area contributed by atoms with E-state index in [9.17, 15) is 18.4 Å². The van der Waals surface area contributed by atoms with E-state index in [0.29, 0.717) is 19.1 Å². The number of nitrogens with zero attached hydrogens (tertiary/aromatic N) is 4. The lowest BCUT2D eigenvalue weighted by Gasteiger charge is -2.41. The highest BCUT2D eigenvalue weighted by molar-refractivity contribution is 5.55. The van der Waals surface area contributed by atoms with Crippen LogP contribution in [-0.4, -0.2) is 42.1 Å². The Labute approximate surface area is 139 Å². The fraction of sp³-hybridized carbons (Fsp3) is 0.647. The van der Waals surface area contributed by atoms with Crippen LogP contribution < -0.4 is 4.90 Å². The number of anilines is 1. The van der Waals surface area contributed by atoms with Gasteiger partial charge in [0.2, 0.25) is 0 Å². The van der Waals surface area contributed by atoms with Gasteiger partial charge < -0.3 is 4.90 Å². The minimum Gasteiger partial charge on any atom is -0.353 e. The zero-order valence-electron chi connectivity index (χ0n) is 13.5. The Hall–Kier alpha value is -1.81. The average Bonchev–Trinajstić information content (AvgIpc) is 2.61. The number of halogens is 3. The van der Waals surface area contributed by atoms with E-state index in [1.165, 1.54) is 38.2 Å². The van der Waals surface area contributed by atoms with Crippen LogP contribution in [0.3, 0.4) is 0 Å². The molecule has 0 amide bonds. The van der Waals surface area contributed by atoms with E-state index in [2.05, 4.69) is 9.88 Å². The van der Waals surface area contributed by atoms with Crippen LogP contribution in [-0.2, 0) is 6.18 Å². The minimum atomic E-state index is -4.49. The minimum absolute atomic E-state index is 0.163. The predicted molar refractivity (Wildman–Crippen MR) is 84.6 cm³/mol. The van der Waals surface area contributed by atoms with Gasteiger partial charge in [0, 0.05) is 32.2 Å². The summed E-state index contributed by atoms with van der Waals surface area (Å²) in [6.07, 6.45) is 1.76. The maximum absolute atomic E-state index is 12.9. The van der Waals surface area contributed by atoms with Crippen molar-refractivity contribution in [3.63, 3.8) is 0 Å². The van der Waals surface area contributed by atoms with Crippen LogP contribution in [0, 0.1) is 11.3 Å². The number of nitriles is 1. The second-order valence-electron chi connectivity index (χ2n) is 6.49. The summed E-state index contributed by atoms with van der Waals surface area (Å²) in [5, 5.41) is 9.19. The summed E-state index contributed by atoms with van der Waals surface area (Å²) in [7, 11) is 0. The van der Waals surface area contributed by atoms with Crippen LogP contribution in [0.1, 0.15) is 43.4 Å².